The lowest BCUT2D eigenvalue weighted by molar-refractivity contribution is -0.0707. The number of nitrogens with two attached hydrogens (primary N) is 1. The monoisotopic (exact) mass is 305 g/mol. The Labute approximate surface area is 138 Å². The van der Waals surface area contributed by atoms with Gasteiger partial charge in [0.15, 0.2) is 0 Å². The highest BCUT2D eigenvalue weighted by atomic mass is 14.7. The van der Waals surface area contributed by atoms with Crippen LogP contribution >= 0.6 is 0 Å². The molecule has 0 aliphatic heterocycles. The SMILES string of the molecule is CCCCCC(CCC)CC(N)C12CC3CC(CC(C3)C1)C2. The molecule has 1 heteroatoms. The van der Waals surface area contributed by atoms with Gasteiger partial charge in [0.2, 0.25) is 0 Å². The molecule has 4 bridgehead atoms. The van der Waals surface area contributed by atoms with Crippen LogP contribution in [0.4, 0.5) is 0 Å². The van der Waals surface area contributed by atoms with Crippen molar-refractivity contribution in [3.63, 3.8) is 0 Å². The lowest BCUT2D eigenvalue weighted by Gasteiger charge is -2.59. The van der Waals surface area contributed by atoms with E-state index in [4.69, 9.17) is 5.73 Å². The zero-order valence-corrected chi connectivity index (χ0v) is 15.2. The first-order chi connectivity index (χ1) is 10.6. The van der Waals surface area contributed by atoms with Gasteiger partial charge in [-0.2, -0.15) is 0 Å². The zero-order valence-electron chi connectivity index (χ0n) is 15.2. The van der Waals surface area contributed by atoms with Crippen molar-refractivity contribution < 1.29 is 0 Å². The predicted molar refractivity (Wildman–Crippen MR) is 95.7 cm³/mol. The van der Waals surface area contributed by atoms with E-state index in [9.17, 15) is 0 Å². The molecule has 0 aromatic carbocycles. The van der Waals surface area contributed by atoms with Crippen LogP contribution in [0.15, 0.2) is 0 Å². The summed E-state index contributed by atoms with van der Waals surface area (Å²) in [5.41, 5.74) is 7.47. The van der Waals surface area contributed by atoms with E-state index in [0.717, 1.165) is 23.7 Å². The maximum Gasteiger partial charge on any atom is 0.00985 e. The van der Waals surface area contributed by atoms with E-state index in [-0.39, 0.29) is 0 Å². The molecule has 0 spiro atoms. The normalized spacial score (nSPS) is 39.1. The van der Waals surface area contributed by atoms with Gasteiger partial charge >= 0.3 is 0 Å². The average Bonchev–Trinajstić information content (AvgIpc) is 2.46. The second-order valence-corrected chi connectivity index (χ2v) is 9.27. The van der Waals surface area contributed by atoms with Gasteiger partial charge in [0.25, 0.3) is 0 Å². The maximum absolute atomic E-state index is 6.91. The van der Waals surface area contributed by atoms with Crippen molar-refractivity contribution in [3.05, 3.63) is 0 Å². The quantitative estimate of drug-likeness (QED) is 0.526. The molecule has 0 aromatic heterocycles. The second kappa shape index (κ2) is 7.24. The Balaban J connectivity index is 1.58. The van der Waals surface area contributed by atoms with Gasteiger partial charge in [-0.1, -0.05) is 52.4 Å². The van der Waals surface area contributed by atoms with E-state index in [1.54, 1.807) is 19.3 Å². The van der Waals surface area contributed by atoms with Crippen molar-refractivity contribution in [1.82, 2.24) is 0 Å². The lowest BCUT2D eigenvalue weighted by Crippen LogP contribution is -2.54. The molecule has 4 fully saturated rings. The molecule has 2 atom stereocenters. The van der Waals surface area contributed by atoms with Gasteiger partial charge in [0.05, 0.1) is 0 Å². The molecule has 4 aliphatic rings. The number of hydrogen-bond donors (Lipinski definition) is 1. The van der Waals surface area contributed by atoms with Crippen LogP contribution in [0.1, 0.15) is 97.3 Å². The van der Waals surface area contributed by atoms with Crippen LogP contribution < -0.4 is 5.73 Å². The Bertz CT molecular complexity index is 313. The summed E-state index contributed by atoms with van der Waals surface area (Å²) in [6.07, 6.45) is 18.7. The minimum Gasteiger partial charge on any atom is -0.327 e. The number of hydrogen-bond acceptors (Lipinski definition) is 1. The van der Waals surface area contributed by atoms with E-state index >= 15 is 0 Å². The summed E-state index contributed by atoms with van der Waals surface area (Å²) >= 11 is 0. The molecule has 4 rings (SSSR count). The van der Waals surface area contributed by atoms with Crippen LogP contribution in [-0.4, -0.2) is 6.04 Å². The molecule has 22 heavy (non-hydrogen) atoms. The Morgan fingerprint density at radius 3 is 1.95 bits per heavy atom. The third-order valence-corrected chi connectivity index (χ3v) is 7.37. The topological polar surface area (TPSA) is 26.0 Å². The van der Waals surface area contributed by atoms with Crippen LogP contribution in [0, 0.1) is 29.1 Å². The third kappa shape index (κ3) is 3.55. The summed E-state index contributed by atoms with van der Waals surface area (Å²) in [7, 11) is 0. The fourth-order valence-corrected chi connectivity index (χ4v) is 6.71. The summed E-state index contributed by atoms with van der Waals surface area (Å²) in [6, 6.07) is 0.499. The van der Waals surface area contributed by atoms with Gasteiger partial charge in [0.1, 0.15) is 0 Å². The Morgan fingerprint density at radius 1 is 0.864 bits per heavy atom. The molecule has 0 heterocycles. The Morgan fingerprint density at radius 2 is 1.45 bits per heavy atom. The maximum atomic E-state index is 6.91. The number of rotatable bonds is 9. The first kappa shape index (κ1) is 16.8. The van der Waals surface area contributed by atoms with Crippen molar-refractivity contribution in [1.29, 1.82) is 0 Å². The summed E-state index contributed by atoms with van der Waals surface area (Å²) < 4.78 is 0. The van der Waals surface area contributed by atoms with Crippen LogP contribution in [0.2, 0.25) is 0 Å². The first-order valence-electron chi connectivity index (χ1n) is 10.4. The van der Waals surface area contributed by atoms with E-state index < -0.39 is 0 Å². The summed E-state index contributed by atoms with van der Waals surface area (Å²) in [5, 5.41) is 0. The minimum atomic E-state index is 0.499. The van der Waals surface area contributed by atoms with Crippen LogP contribution in [-0.2, 0) is 0 Å². The van der Waals surface area contributed by atoms with Crippen molar-refractivity contribution in [2.24, 2.45) is 34.8 Å². The van der Waals surface area contributed by atoms with Crippen molar-refractivity contribution in [2.45, 2.75) is 103 Å². The molecule has 2 unspecified atom stereocenters. The molecule has 0 radical (unpaired) electrons. The average molecular weight is 306 g/mol. The van der Waals surface area contributed by atoms with Crippen molar-refractivity contribution in [2.75, 3.05) is 0 Å². The fraction of sp³-hybridized carbons (Fsp3) is 1.00. The molecule has 128 valence electrons. The molecule has 0 aromatic rings. The zero-order chi connectivity index (χ0) is 15.6. The Kier molecular flexibility index (Phi) is 5.53. The molecular formula is C21H39N. The molecule has 1 nitrogen and oxygen atoms in total. The smallest absolute Gasteiger partial charge is 0.00985 e. The van der Waals surface area contributed by atoms with Crippen LogP contribution in [0.5, 0.6) is 0 Å². The van der Waals surface area contributed by atoms with E-state index in [1.807, 2.05) is 0 Å². The largest absolute Gasteiger partial charge is 0.327 e. The number of unbranched alkanes of at least 4 members (excludes halogenated alkanes) is 2. The highest BCUT2D eigenvalue weighted by Gasteiger charge is 2.53. The van der Waals surface area contributed by atoms with Gasteiger partial charge in [-0.05, 0) is 74.0 Å². The van der Waals surface area contributed by atoms with Crippen molar-refractivity contribution >= 4 is 0 Å². The molecule has 0 saturated heterocycles. The first-order valence-corrected chi connectivity index (χ1v) is 10.4. The Hall–Kier alpha value is -0.0400. The summed E-state index contributed by atoms with van der Waals surface area (Å²) in [6.45, 7) is 4.67. The van der Waals surface area contributed by atoms with Crippen LogP contribution in [0.25, 0.3) is 0 Å². The second-order valence-electron chi connectivity index (χ2n) is 9.27. The van der Waals surface area contributed by atoms with E-state index in [1.165, 1.54) is 64.2 Å². The summed E-state index contributed by atoms with van der Waals surface area (Å²) in [5.74, 6) is 4.03. The van der Waals surface area contributed by atoms with Gasteiger partial charge in [-0.3, -0.25) is 0 Å². The molecule has 0 amide bonds. The van der Waals surface area contributed by atoms with Crippen LogP contribution in [0.3, 0.4) is 0 Å². The molecule has 2 N–H and O–H groups in total. The predicted octanol–water partition coefficient (Wildman–Crippen LogP) is 5.92. The van der Waals surface area contributed by atoms with Gasteiger partial charge < -0.3 is 5.73 Å². The summed E-state index contributed by atoms with van der Waals surface area (Å²) in [4.78, 5) is 0. The molecule has 4 aliphatic carbocycles. The third-order valence-electron chi connectivity index (χ3n) is 7.37. The van der Waals surface area contributed by atoms with Crippen molar-refractivity contribution in [3.8, 4) is 0 Å². The highest BCUT2D eigenvalue weighted by molar-refractivity contribution is 5.05. The molecular weight excluding hydrogens is 266 g/mol. The van der Waals surface area contributed by atoms with E-state index in [2.05, 4.69) is 13.8 Å². The van der Waals surface area contributed by atoms with E-state index in [0.29, 0.717) is 11.5 Å². The standard InChI is InChI=1S/C21H39N/c1-3-5-6-8-16(7-4-2)12-20(22)21-13-17-9-18(14-21)11-19(10-17)15-21/h16-20H,3-15,22H2,1-2H3. The lowest BCUT2D eigenvalue weighted by atomic mass is 9.47. The van der Waals surface area contributed by atoms with Gasteiger partial charge in [-0.25, -0.2) is 0 Å². The van der Waals surface area contributed by atoms with Gasteiger partial charge in [0, 0.05) is 6.04 Å². The fourth-order valence-electron chi connectivity index (χ4n) is 6.71. The van der Waals surface area contributed by atoms with Gasteiger partial charge in [-0.15, -0.1) is 0 Å². The minimum absolute atomic E-state index is 0.499. The highest BCUT2D eigenvalue weighted by Crippen LogP contribution is 2.61. The molecule has 4 saturated carbocycles.